The van der Waals surface area contributed by atoms with Crippen LogP contribution in [0.4, 0.5) is 5.69 Å². The molecule has 0 fully saturated rings. The number of hydrogen-bond donors (Lipinski definition) is 2. The molecule has 28 heavy (non-hydrogen) atoms. The van der Waals surface area contributed by atoms with E-state index >= 15 is 0 Å². The molecule has 0 atom stereocenters. The number of benzene rings is 2. The first-order valence-corrected chi connectivity index (χ1v) is 10.4. The standard InChI is InChI=1S/C18H17N3O5S2/c1-25-12-5-3-11(4-6-12)18-21-15(10-27-18)17(22)20-14-9-13(28(19,23)24)7-8-16(14)26-2/h3-10H,1-2H3,(H,20,22)(H2,19,23,24). The third-order valence-corrected chi connectivity index (χ3v) is 5.62. The topological polar surface area (TPSA) is 121 Å². The van der Waals surface area contributed by atoms with Gasteiger partial charge in [0.1, 0.15) is 22.2 Å². The van der Waals surface area contributed by atoms with E-state index in [9.17, 15) is 13.2 Å². The Kier molecular flexibility index (Phi) is 5.63. The summed E-state index contributed by atoms with van der Waals surface area (Å²) in [5.41, 5.74) is 1.22. The van der Waals surface area contributed by atoms with Crippen LogP contribution in [0.3, 0.4) is 0 Å². The van der Waals surface area contributed by atoms with E-state index in [1.807, 2.05) is 12.1 Å². The highest BCUT2D eigenvalue weighted by Gasteiger charge is 2.17. The average Bonchev–Trinajstić information content (AvgIpc) is 3.17. The normalized spacial score (nSPS) is 11.1. The van der Waals surface area contributed by atoms with Gasteiger partial charge in [0.15, 0.2) is 0 Å². The quantitative estimate of drug-likeness (QED) is 0.634. The number of carbonyl (C=O) groups excluding carboxylic acids is 1. The first kappa shape index (κ1) is 19.8. The molecule has 3 aromatic rings. The minimum atomic E-state index is -3.92. The molecule has 146 valence electrons. The van der Waals surface area contributed by atoms with Gasteiger partial charge in [-0.15, -0.1) is 11.3 Å². The van der Waals surface area contributed by atoms with Crippen molar-refractivity contribution in [2.24, 2.45) is 5.14 Å². The number of anilines is 1. The Hall–Kier alpha value is -2.95. The van der Waals surface area contributed by atoms with Crippen LogP contribution in [0.15, 0.2) is 52.7 Å². The molecule has 0 aliphatic rings. The molecule has 3 N–H and O–H groups in total. The van der Waals surface area contributed by atoms with Crippen molar-refractivity contribution in [2.75, 3.05) is 19.5 Å². The highest BCUT2D eigenvalue weighted by molar-refractivity contribution is 7.89. The zero-order valence-corrected chi connectivity index (χ0v) is 16.6. The van der Waals surface area contributed by atoms with Gasteiger partial charge in [-0.2, -0.15) is 0 Å². The lowest BCUT2D eigenvalue weighted by Gasteiger charge is -2.10. The number of sulfonamides is 1. The van der Waals surface area contributed by atoms with Crippen molar-refractivity contribution >= 4 is 33.0 Å². The number of rotatable bonds is 6. The zero-order chi connectivity index (χ0) is 20.3. The molecule has 0 aliphatic carbocycles. The Balaban J connectivity index is 1.84. The van der Waals surface area contributed by atoms with Crippen LogP contribution >= 0.6 is 11.3 Å². The van der Waals surface area contributed by atoms with Crippen LogP contribution in [0.5, 0.6) is 11.5 Å². The lowest BCUT2D eigenvalue weighted by atomic mass is 10.2. The van der Waals surface area contributed by atoms with Gasteiger partial charge in [-0.25, -0.2) is 18.5 Å². The fourth-order valence-electron chi connectivity index (χ4n) is 2.39. The molecule has 1 aromatic heterocycles. The number of hydrogen-bond acceptors (Lipinski definition) is 7. The third-order valence-electron chi connectivity index (χ3n) is 3.82. The van der Waals surface area contributed by atoms with Crippen LogP contribution in [-0.2, 0) is 10.0 Å². The van der Waals surface area contributed by atoms with E-state index < -0.39 is 15.9 Å². The Bertz CT molecular complexity index is 1110. The molecular formula is C18H17N3O5S2. The number of thiazole rings is 1. The van der Waals surface area contributed by atoms with E-state index in [1.165, 1.54) is 36.6 Å². The van der Waals surface area contributed by atoms with Crippen molar-refractivity contribution in [2.45, 2.75) is 4.90 Å². The molecule has 1 heterocycles. The van der Waals surface area contributed by atoms with Gasteiger partial charge in [-0.05, 0) is 42.5 Å². The molecule has 0 unspecified atom stereocenters. The molecule has 0 aliphatic heterocycles. The van der Waals surface area contributed by atoms with Crippen LogP contribution in [-0.4, -0.2) is 33.5 Å². The molecule has 0 saturated heterocycles. The van der Waals surface area contributed by atoms with Crippen molar-refractivity contribution < 1.29 is 22.7 Å². The number of nitrogens with two attached hydrogens (primary N) is 1. The van der Waals surface area contributed by atoms with E-state index in [0.717, 1.165) is 11.3 Å². The lowest BCUT2D eigenvalue weighted by Crippen LogP contribution is -2.15. The highest BCUT2D eigenvalue weighted by Crippen LogP contribution is 2.29. The first-order valence-electron chi connectivity index (χ1n) is 7.94. The van der Waals surface area contributed by atoms with Crippen LogP contribution in [0, 0.1) is 0 Å². The summed E-state index contributed by atoms with van der Waals surface area (Å²) in [6.07, 6.45) is 0. The summed E-state index contributed by atoms with van der Waals surface area (Å²) in [4.78, 5) is 16.8. The van der Waals surface area contributed by atoms with E-state index in [4.69, 9.17) is 14.6 Å². The number of aromatic nitrogens is 1. The van der Waals surface area contributed by atoms with Gasteiger partial charge in [0, 0.05) is 10.9 Å². The summed E-state index contributed by atoms with van der Waals surface area (Å²) in [5.74, 6) is 0.521. The van der Waals surface area contributed by atoms with Crippen molar-refractivity contribution in [3.63, 3.8) is 0 Å². The molecule has 2 aromatic carbocycles. The Labute approximate surface area is 166 Å². The minimum absolute atomic E-state index is 0.138. The van der Waals surface area contributed by atoms with Gasteiger partial charge in [0.25, 0.3) is 5.91 Å². The summed E-state index contributed by atoms with van der Waals surface area (Å²) < 4.78 is 33.4. The Morgan fingerprint density at radius 2 is 1.82 bits per heavy atom. The highest BCUT2D eigenvalue weighted by atomic mass is 32.2. The predicted octanol–water partition coefficient (Wildman–Crippen LogP) is 2.73. The Morgan fingerprint density at radius 3 is 2.43 bits per heavy atom. The second-order valence-corrected chi connectivity index (χ2v) is 8.05. The van der Waals surface area contributed by atoms with Crippen molar-refractivity contribution in [3.05, 3.63) is 53.5 Å². The van der Waals surface area contributed by atoms with Crippen molar-refractivity contribution in [1.82, 2.24) is 4.98 Å². The summed E-state index contributed by atoms with van der Waals surface area (Å²) >= 11 is 1.31. The number of nitrogens with one attached hydrogen (secondary N) is 1. The molecule has 1 amide bonds. The maximum atomic E-state index is 12.6. The first-order chi connectivity index (χ1) is 13.3. The van der Waals surface area contributed by atoms with Crippen molar-refractivity contribution in [1.29, 1.82) is 0 Å². The summed E-state index contributed by atoms with van der Waals surface area (Å²) in [7, 11) is -0.927. The van der Waals surface area contributed by atoms with Crippen LogP contribution < -0.4 is 19.9 Å². The predicted molar refractivity (Wildman–Crippen MR) is 106 cm³/mol. The maximum Gasteiger partial charge on any atom is 0.275 e. The maximum absolute atomic E-state index is 12.6. The minimum Gasteiger partial charge on any atom is -0.497 e. The van der Waals surface area contributed by atoms with E-state index in [0.29, 0.717) is 10.8 Å². The fourth-order valence-corrected chi connectivity index (χ4v) is 3.74. The third kappa shape index (κ3) is 4.30. The summed E-state index contributed by atoms with van der Waals surface area (Å²) in [5, 5.41) is 10.0. The van der Waals surface area contributed by atoms with Gasteiger partial charge >= 0.3 is 0 Å². The number of methoxy groups -OCH3 is 2. The second kappa shape index (κ2) is 7.97. The van der Waals surface area contributed by atoms with Gasteiger partial charge < -0.3 is 14.8 Å². The number of ether oxygens (including phenoxy) is 2. The lowest BCUT2D eigenvalue weighted by molar-refractivity contribution is 0.102. The molecular weight excluding hydrogens is 402 g/mol. The largest absolute Gasteiger partial charge is 0.497 e. The smallest absolute Gasteiger partial charge is 0.275 e. The van der Waals surface area contributed by atoms with Gasteiger partial charge in [-0.1, -0.05) is 0 Å². The van der Waals surface area contributed by atoms with Crippen LogP contribution in [0.2, 0.25) is 0 Å². The Morgan fingerprint density at radius 1 is 1.11 bits per heavy atom. The molecule has 3 rings (SSSR count). The fraction of sp³-hybridized carbons (Fsp3) is 0.111. The van der Waals surface area contributed by atoms with Gasteiger partial charge in [-0.3, -0.25) is 4.79 Å². The van der Waals surface area contributed by atoms with Gasteiger partial charge in [0.05, 0.1) is 24.8 Å². The van der Waals surface area contributed by atoms with Gasteiger partial charge in [0.2, 0.25) is 10.0 Å². The van der Waals surface area contributed by atoms with E-state index in [1.54, 1.807) is 24.6 Å². The summed E-state index contributed by atoms with van der Waals surface area (Å²) in [6, 6.07) is 11.3. The second-order valence-electron chi connectivity index (χ2n) is 5.63. The average molecular weight is 419 g/mol. The SMILES string of the molecule is COc1ccc(-c2nc(C(=O)Nc3cc(S(N)(=O)=O)ccc3OC)cs2)cc1. The molecule has 0 spiro atoms. The van der Waals surface area contributed by atoms with E-state index in [-0.39, 0.29) is 16.3 Å². The molecule has 0 saturated carbocycles. The molecule has 0 radical (unpaired) electrons. The molecule has 8 nitrogen and oxygen atoms in total. The zero-order valence-electron chi connectivity index (χ0n) is 15.0. The molecule has 10 heteroatoms. The number of nitrogens with zero attached hydrogens (tertiary/aromatic N) is 1. The monoisotopic (exact) mass is 419 g/mol. The number of amides is 1. The van der Waals surface area contributed by atoms with Crippen LogP contribution in [0.25, 0.3) is 10.6 Å². The molecule has 0 bridgehead atoms. The number of primary sulfonamides is 1. The number of carbonyl (C=O) groups is 1. The van der Waals surface area contributed by atoms with E-state index in [2.05, 4.69) is 10.3 Å². The van der Waals surface area contributed by atoms with Crippen molar-refractivity contribution in [3.8, 4) is 22.1 Å². The van der Waals surface area contributed by atoms with Crippen LogP contribution in [0.1, 0.15) is 10.5 Å². The summed E-state index contributed by atoms with van der Waals surface area (Å²) in [6.45, 7) is 0.